The number of carbonyl (C=O) groups is 1. The Morgan fingerprint density at radius 2 is 1.89 bits per heavy atom. The summed E-state index contributed by atoms with van der Waals surface area (Å²) in [5.41, 5.74) is 5.74. The van der Waals surface area contributed by atoms with Crippen LogP contribution in [0.4, 0.5) is 0 Å². The van der Waals surface area contributed by atoms with E-state index in [0.717, 1.165) is 38.6 Å². The average Bonchev–Trinajstić information content (AvgIpc) is 2.42. The van der Waals surface area contributed by atoms with Gasteiger partial charge in [0.1, 0.15) is 0 Å². The Hall–Kier alpha value is -0.640. The molecule has 3 nitrogen and oxygen atoms in total. The van der Waals surface area contributed by atoms with Gasteiger partial charge in [0.05, 0.1) is 11.0 Å². The van der Waals surface area contributed by atoms with Gasteiger partial charge in [-0.3, -0.25) is 4.79 Å². The first-order chi connectivity index (χ1) is 9.16. The van der Waals surface area contributed by atoms with Crippen molar-refractivity contribution in [2.24, 2.45) is 5.73 Å². The van der Waals surface area contributed by atoms with E-state index in [1.165, 1.54) is 25.7 Å². The highest BCUT2D eigenvalue weighted by Gasteiger charge is 2.27. The van der Waals surface area contributed by atoms with Gasteiger partial charge in [-0.1, -0.05) is 51.2 Å². The molecule has 1 heterocycles. The van der Waals surface area contributed by atoms with Gasteiger partial charge in [0.15, 0.2) is 0 Å². The number of thiocarbonyl (C=S) groups is 1. The topological polar surface area (TPSA) is 46.3 Å². The molecule has 2 N–H and O–H groups in total. The number of carbonyl (C=O) groups excluding carboxylic acids is 1. The summed E-state index contributed by atoms with van der Waals surface area (Å²) in [5.74, 6) is 0.244. The number of hydrogen-bond acceptors (Lipinski definition) is 2. The lowest BCUT2D eigenvalue weighted by Gasteiger charge is -2.35. The van der Waals surface area contributed by atoms with Crippen molar-refractivity contribution >= 4 is 23.1 Å². The Kier molecular flexibility index (Phi) is 8.03. The largest absolute Gasteiger partial charge is 0.392 e. The molecule has 0 spiro atoms. The van der Waals surface area contributed by atoms with Crippen LogP contribution in [0.3, 0.4) is 0 Å². The van der Waals surface area contributed by atoms with E-state index in [9.17, 15) is 4.79 Å². The number of amides is 1. The van der Waals surface area contributed by atoms with Gasteiger partial charge >= 0.3 is 0 Å². The van der Waals surface area contributed by atoms with Crippen molar-refractivity contribution < 1.29 is 4.79 Å². The normalized spacial score (nSPS) is 19.4. The van der Waals surface area contributed by atoms with E-state index in [2.05, 4.69) is 6.92 Å². The monoisotopic (exact) mass is 284 g/mol. The fourth-order valence-electron chi connectivity index (χ4n) is 2.73. The zero-order valence-corrected chi connectivity index (χ0v) is 13.0. The molecule has 1 amide bonds. The Balaban J connectivity index is 2.25. The van der Waals surface area contributed by atoms with Gasteiger partial charge in [0, 0.05) is 13.0 Å². The molecule has 1 rings (SSSR count). The molecule has 0 saturated carbocycles. The highest BCUT2D eigenvalue weighted by molar-refractivity contribution is 7.80. The van der Waals surface area contributed by atoms with Gasteiger partial charge in [-0.05, 0) is 25.7 Å². The first-order valence-corrected chi connectivity index (χ1v) is 8.16. The molecule has 0 aromatic rings. The molecule has 1 saturated heterocycles. The van der Waals surface area contributed by atoms with Gasteiger partial charge in [-0.15, -0.1) is 0 Å². The second-order valence-corrected chi connectivity index (χ2v) is 5.99. The number of hydrogen-bond donors (Lipinski definition) is 1. The van der Waals surface area contributed by atoms with Crippen molar-refractivity contribution in [1.29, 1.82) is 0 Å². The number of nitrogens with two attached hydrogens (primary N) is 1. The SMILES string of the molecule is CCCCCCCCC(=O)N1CCCCC1C(N)=S. The average molecular weight is 284 g/mol. The highest BCUT2D eigenvalue weighted by Crippen LogP contribution is 2.19. The maximum atomic E-state index is 12.2. The Bertz CT molecular complexity index is 294. The molecule has 0 bridgehead atoms. The van der Waals surface area contributed by atoms with Crippen LogP contribution in [0.25, 0.3) is 0 Å². The maximum Gasteiger partial charge on any atom is 0.223 e. The summed E-state index contributed by atoms with van der Waals surface area (Å²) < 4.78 is 0. The van der Waals surface area contributed by atoms with Gasteiger partial charge in [0.2, 0.25) is 5.91 Å². The third-order valence-electron chi connectivity index (χ3n) is 3.90. The van der Waals surface area contributed by atoms with Crippen LogP contribution in [0.5, 0.6) is 0 Å². The fourth-order valence-corrected chi connectivity index (χ4v) is 2.97. The van der Waals surface area contributed by atoms with Gasteiger partial charge in [0.25, 0.3) is 0 Å². The quantitative estimate of drug-likeness (QED) is 0.549. The van der Waals surface area contributed by atoms with Crippen molar-refractivity contribution in [2.45, 2.75) is 77.2 Å². The minimum Gasteiger partial charge on any atom is -0.392 e. The molecule has 0 aliphatic carbocycles. The van der Waals surface area contributed by atoms with Gasteiger partial charge < -0.3 is 10.6 Å². The minimum atomic E-state index is 0.0105. The van der Waals surface area contributed by atoms with Crippen LogP contribution in [-0.2, 0) is 4.79 Å². The molecule has 0 aromatic carbocycles. The molecule has 1 atom stereocenters. The third kappa shape index (κ3) is 5.89. The molecule has 19 heavy (non-hydrogen) atoms. The maximum absolute atomic E-state index is 12.2. The van der Waals surface area contributed by atoms with Crippen LogP contribution in [-0.4, -0.2) is 28.4 Å². The standard InChI is InChI=1S/C15H28N2OS/c1-2-3-4-5-6-7-11-14(18)17-12-9-8-10-13(17)15(16)19/h13H,2-12H2,1H3,(H2,16,19). The van der Waals surface area contributed by atoms with Gasteiger partial charge in [-0.2, -0.15) is 0 Å². The van der Waals surface area contributed by atoms with Crippen LogP contribution in [0.2, 0.25) is 0 Å². The van der Waals surface area contributed by atoms with Crippen molar-refractivity contribution in [1.82, 2.24) is 4.90 Å². The number of rotatable bonds is 8. The van der Waals surface area contributed by atoms with E-state index in [-0.39, 0.29) is 11.9 Å². The molecular weight excluding hydrogens is 256 g/mol. The van der Waals surface area contributed by atoms with E-state index in [1.54, 1.807) is 0 Å². The summed E-state index contributed by atoms with van der Waals surface area (Å²) >= 11 is 5.08. The van der Waals surface area contributed by atoms with Gasteiger partial charge in [-0.25, -0.2) is 0 Å². The summed E-state index contributed by atoms with van der Waals surface area (Å²) in [6.45, 7) is 3.05. The third-order valence-corrected chi connectivity index (χ3v) is 4.17. The number of nitrogens with zero attached hydrogens (tertiary/aromatic N) is 1. The summed E-state index contributed by atoms with van der Waals surface area (Å²) in [4.78, 5) is 14.6. The molecule has 0 aromatic heterocycles. The van der Waals surface area contributed by atoms with Crippen LogP contribution in [0.1, 0.15) is 71.1 Å². The molecule has 1 fully saturated rings. The molecular formula is C15H28N2OS. The molecule has 1 unspecified atom stereocenters. The van der Waals surface area contributed by atoms with E-state index in [1.807, 2.05) is 4.90 Å². The molecule has 4 heteroatoms. The number of likely N-dealkylation sites (tertiary alicyclic amines) is 1. The molecule has 1 aliphatic rings. The second kappa shape index (κ2) is 9.29. The predicted octanol–water partition coefficient (Wildman–Crippen LogP) is 3.40. The fraction of sp³-hybridized carbons (Fsp3) is 0.867. The lowest BCUT2D eigenvalue weighted by molar-refractivity contribution is -0.133. The van der Waals surface area contributed by atoms with E-state index in [0.29, 0.717) is 11.4 Å². The zero-order chi connectivity index (χ0) is 14.1. The summed E-state index contributed by atoms with van der Waals surface area (Å²) in [7, 11) is 0. The zero-order valence-electron chi connectivity index (χ0n) is 12.2. The summed E-state index contributed by atoms with van der Waals surface area (Å²) in [5, 5.41) is 0. The van der Waals surface area contributed by atoms with Crippen LogP contribution < -0.4 is 5.73 Å². The smallest absolute Gasteiger partial charge is 0.223 e. The van der Waals surface area contributed by atoms with Crippen LogP contribution in [0.15, 0.2) is 0 Å². The highest BCUT2D eigenvalue weighted by atomic mass is 32.1. The van der Waals surface area contributed by atoms with Crippen molar-refractivity contribution in [2.75, 3.05) is 6.54 Å². The lowest BCUT2D eigenvalue weighted by atomic mass is 10.0. The molecule has 1 aliphatic heterocycles. The summed E-state index contributed by atoms with van der Waals surface area (Å²) in [6.07, 6.45) is 11.1. The Morgan fingerprint density at radius 3 is 2.58 bits per heavy atom. The lowest BCUT2D eigenvalue weighted by Crippen LogP contribution is -2.49. The van der Waals surface area contributed by atoms with E-state index < -0.39 is 0 Å². The van der Waals surface area contributed by atoms with Crippen molar-refractivity contribution in [3.05, 3.63) is 0 Å². The van der Waals surface area contributed by atoms with Crippen LogP contribution in [0, 0.1) is 0 Å². The summed E-state index contributed by atoms with van der Waals surface area (Å²) in [6, 6.07) is 0.0105. The van der Waals surface area contributed by atoms with Crippen LogP contribution >= 0.6 is 12.2 Å². The number of piperidine rings is 1. The van der Waals surface area contributed by atoms with Crippen molar-refractivity contribution in [3.8, 4) is 0 Å². The molecule has 0 radical (unpaired) electrons. The Morgan fingerprint density at radius 1 is 1.21 bits per heavy atom. The second-order valence-electron chi connectivity index (χ2n) is 5.52. The first-order valence-electron chi connectivity index (χ1n) is 7.75. The Labute approximate surface area is 122 Å². The van der Waals surface area contributed by atoms with E-state index >= 15 is 0 Å². The minimum absolute atomic E-state index is 0.0105. The molecule has 110 valence electrons. The van der Waals surface area contributed by atoms with E-state index in [4.69, 9.17) is 18.0 Å². The predicted molar refractivity (Wildman–Crippen MR) is 84.1 cm³/mol. The number of unbranched alkanes of at least 4 members (excludes halogenated alkanes) is 5. The first kappa shape index (κ1) is 16.4. The van der Waals surface area contributed by atoms with Crippen molar-refractivity contribution in [3.63, 3.8) is 0 Å².